The van der Waals surface area contributed by atoms with Gasteiger partial charge in [0, 0.05) is 23.5 Å². The molecule has 3 aromatic carbocycles. The van der Waals surface area contributed by atoms with Crippen LogP contribution in [0.1, 0.15) is 48.8 Å². The predicted octanol–water partition coefficient (Wildman–Crippen LogP) is 6.09. The maximum absolute atomic E-state index is 13.9. The molecule has 1 aliphatic carbocycles. The summed E-state index contributed by atoms with van der Waals surface area (Å²) in [7, 11) is 1.62. The van der Waals surface area contributed by atoms with E-state index in [1.165, 1.54) is 6.42 Å². The summed E-state index contributed by atoms with van der Waals surface area (Å²) >= 11 is 3.55. The number of halogens is 1. The second-order valence-corrected chi connectivity index (χ2v) is 10.6. The zero-order valence-electron chi connectivity index (χ0n) is 21.4. The van der Waals surface area contributed by atoms with Crippen molar-refractivity contribution in [2.24, 2.45) is 0 Å². The highest BCUT2D eigenvalue weighted by molar-refractivity contribution is 9.10. The van der Waals surface area contributed by atoms with E-state index in [1.807, 2.05) is 78.9 Å². The Morgan fingerprint density at radius 1 is 0.919 bits per heavy atom. The smallest absolute Gasteiger partial charge is 0.243 e. The third kappa shape index (κ3) is 7.93. The molecule has 0 bridgehead atoms. The van der Waals surface area contributed by atoms with Crippen LogP contribution in [0.25, 0.3) is 0 Å². The van der Waals surface area contributed by atoms with Crippen LogP contribution in [0.4, 0.5) is 0 Å². The Hall–Kier alpha value is -3.12. The van der Waals surface area contributed by atoms with E-state index in [4.69, 9.17) is 4.74 Å². The minimum Gasteiger partial charge on any atom is -0.497 e. The van der Waals surface area contributed by atoms with Crippen LogP contribution in [-0.4, -0.2) is 35.9 Å². The zero-order valence-corrected chi connectivity index (χ0v) is 23.0. The first-order valence-electron chi connectivity index (χ1n) is 13.0. The Kier molecular flexibility index (Phi) is 9.78. The average molecular weight is 564 g/mol. The summed E-state index contributed by atoms with van der Waals surface area (Å²) in [6.45, 7) is 0.351. The lowest BCUT2D eigenvalue weighted by atomic mass is 9.94. The highest BCUT2D eigenvalue weighted by Gasteiger charge is 2.32. The summed E-state index contributed by atoms with van der Waals surface area (Å²) in [6.07, 6.45) is 6.14. The van der Waals surface area contributed by atoms with Gasteiger partial charge in [-0.05, 0) is 53.8 Å². The lowest BCUT2D eigenvalue weighted by Crippen LogP contribution is -2.53. The summed E-state index contributed by atoms with van der Waals surface area (Å²) in [4.78, 5) is 29.5. The highest BCUT2D eigenvalue weighted by atomic mass is 79.9. The van der Waals surface area contributed by atoms with Gasteiger partial charge in [0.05, 0.1) is 13.5 Å². The van der Waals surface area contributed by atoms with Gasteiger partial charge in [0.25, 0.3) is 0 Å². The Bertz CT molecular complexity index is 1160. The molecule has 1 fully saturated rings. The first kappa shape index (κ1) is 26.9. The Balaban J connectivity index is 1.64. The monoisotopic (exact) mass is 562 g/mol. The van der Waals surface area contributed by atoms with Crippen LogP contribution >= 0.6 is 15.9 Å². The number of carbonyl (C=O) groups is 2. The molecule has 37 heavy (non-hydrogen) atoms. The molecule has 3 aromatic rings. The first-order chi connectivity index (χ1) is 18.0. The molecule has 1 atom stereocenters. The van der Waals surface area contributed by atoms with E-state index in [0.29, 0.717) is 13.0 Å². The van der Waals surface area contributed by atoms with Crippen molar-refractivity contribution >= 4 is 27.7 Å². The largest absolute Gasteiger partial charge is 0.497 e. The summed E-state index contributed by atoms with van der Waals surface area (Å²) in [5, 5.41) is 3.29. The number of hydrogen-bond acceptors (Lipinski definition) is 3. The lowest BCUT2D eigenvalue weighted by Gasteiger charge is -2.33. The van der Waals surface area contributed by atoms with Gasteiger partial charge in [-0.2, -0.15) is 0 Å². The van der Waals surface area contributed by atoms with Gasteiger partial charge in [-0.25, -0.2) is 0 Å². The molecular formula is C31H35BrN2O3. The van der Waals surface area contributed by atoms with Crippen LogP contribution < -0.4 is 10.1 Å². The van der Waals surface area contributed by atoms with E-state index >= 15 is 0 Å². The molecule has 4 rings (SSSR count). The van der Waals surface area contributed by atoms with Crippen molar-refractivity contribution in [2.45, 2.75) is 63.6 Å². The van der Waals surface area contributed by atoms with Crippen molar-refractivity contribution in [3.05, 3.63) is 100 Å². The summed E-state index contributed by atoms with van der Waals surface area (Å²) in [6, 6.07) is 25.0. The number of hydrogen-bond donors (Lipinski definition) is 1. The molecular weight excluding hydrogens is 528 g/mol. The number of amides is 2. The molecule has 1 saturated carbocycles. The zero-order chi connectivity index (χ0) is 26.0. The van der Waals surface area contributed by atoms with Crippen molar-refractivity contribution in [1.82, 2.24) is 10.2 Å². The van der Waals surface area contributed by atoms with E-state index in [2.05, 4.69) is 21.2 Å². The van der Waals surface area contributed by atoms with Gasteiger partial charge in [-0.1, -0.05) is 89.8 Å². The normalized spacial score (nSPS) is 14.5. The molecule has 1 aliphatic rings. The van der Waals surface area contributed by atoms with Crippen molar-refractivity contribution in [1.29, 1.82) is 0 Å². The maximum atomic E-state index is 13.9. The average Bonchev–Trinajstić information content (AvgIpc) is 2.92. The van der Waals surface area contributed by atoms with Gasteiger partial charge in [-0.3, -0.25) is 9.59 Å². The predicted molar refractivity (Wildman–Crippen MR) is 150 cm³/mol. The van der Waals surface area contributed by atoms with Gasteiger partial charge < -0.3 is 15.0 Å². The van der Waals surface area contributed by atoms with Crippen molar-refractivity contribution < 1.29 is 14.3 Å². The molecule has 0 spiro atoms. The van der Waals surface area contributed by atoms with Crippen LogP contribution in [0.15, 0.2) is 83.3 Å². The SMILES string of the molecule is COc1ccc(CC(=O)N(Cc2cccc(Br)c2)C(Cc2ccccc2)C(=O)NC2CCCCC2)cc1. The summed E-state index contributed by atoms with van der Waals surface area (Å²) in [5.41, 5.74) is 2.89. The topological polar surface area (TPSA) is 58.6 Å². The van der Waals surface area contributed by atoms with E-state index in [0.717, 1.165) is 52.6 Å². The Labute approximate surface area is 228 Å². The number of ether oxygens (including phenoxy) is 1. The van der Waals surface area contributed by atoms with Crippen molar-refractivity contribution in [3.63, 3.8) is 0 Å². The fourth-order valence-electron chi connectivity index (χ4n) is 4.95. The van der Waals surface area contributed by atoms with Crippen LogP contribution in [0, 0.1) is 0 Å². The fourth-order valence-corrected chi connectivity index (χ4v) is 5.40. The van der Waals surface area contributed by atoms with Crippen molar-refractivity contribution in [3.8, 4) is 5.75 Å². The van der Waals surface area contributed by atoms with Crippen LogP contribution in [-0.2, 0) is 29.0 Å². The van der Waals surface area contributed by atoms with Crippen LogP contribution in [0.2, 0.25) is 0 Å². The second-order valence-electron chi connectivity index (χ2n) is 9.73. The molecule has 2 amide bonds. The number of methoxy groups -OCH3 is 1. The second kappa shape index (κ2) is 13.4. The minimum absolute atomic E-state index is 0.0752. The molecule has 0 saturated heterocycles. The summed E-state index contributed by atoms with van der Waals surface area (Å²) in [5.74, 6) is 0.592. The highest BCUT2D eigenvalue weighted by Crippen LogP contribution is 2.22. The molecule has 0 aliphatic heterocycles. The Morgan fingerprint density at radius 2 is 1.62 bits per heavy atom. The molecule has 194 valence electrons. The molecule has 6 heteroatoms. The Morgan fingerprint density at radius 3 is 2.30 bits per heavy atom. The number of nitrogens with zero attached hydrogens (tertiary/aromatic N) is 1. The third-order valence-electron chi connectivity index (χ3n) is 6.98. The van der Waals surface area contributed by atoms with Gasteiger partial charge in [-0.15, -0.1) is 0 Å². The quantitative estimate of drug-likeness (QED) is 0.325. The van der Waals surface area contributed by atoms with Crippen LogP contribution in [0.3, 0.4) is 0 Å². The van der Waals surface area contributed by atoms with Gasteiger partial charge in [0.15, 0.2) is 0 Å². The minimum atomic E-state index is -0.617. The van der Waals surface area contributed by atoms with Gasteiger partial charge in [0.2, 0.25) is 11.8 Å². The summed E-state index contributed by atoms with van der Waals surface area (Å²) < 4.78 is 6.21. The van der Waals surface area contributed by atoms with E-state index in [-0.39, 0.29) is 24.3 Å². The van der Waals surface area contributed by atoms with E-state index < -0.39 is 6.04 Å². The number of benzene rings is 3. The number of nitrogens with one attached hydrogen (secondary N) is 1. The molecule has 1 unspecified atom stereocenters. The number of rotatable bonds is 10. The molecule has 0 radical (unpaired) electrons. The third-order valence-corrected chi connectivity index (χ3v) is 7.47. The molecule has 5 nitrogen and oxygen atoms in total. The van der Waals surface area contributed by atoms with Gasteiger partial charge >= 0.3 is 0 Å². The molecule has 1 N–H and O–H groups in total. The van der Waals surface area contributed by atoms with E-state index in [1.54, 1.807) is 12.0 Å². The van der Waals surface area contributed by atoms with E-state index in [9.17, 15) is 9.59 Å². The fraction of sp³-hybridized carbons (Fsp3) is 0.355. The molecule has 0 aromatic heterocycles. The lowest BCUT2D eigenvalue weighted by molar-refractivity contribution is -0.141. The standard InChI is InChI=1S/C31H35BrN2O3/c1-37-28-17-15-24(16-18-28)21-30(35)34(22-25-11-8-12-26(32)19-25)29(20-23-9-4-2-5-10-23)31(36)33-27-13-6-3-7-14-27/h2,4-5,8-12,15-19,27,29H,3,6-7,13-14,20-22H2,1H3,(H,33,36). The first-order valence-corrected chi connectivity index (χ1v) is 13.8. The van der Waals surface area contributed by atoms with Gasteiger partial charge in [0.1, 0.15) is 11.8 Å². The van der Waals surface area contributed by atoms with Crippen molar-refractivity contribution in [2.75, 3.05) is 7.11 Å². The maximum Gasteiger partial charge on any atom is 0.243 e. The molecule has 0 heterocycles. The number of carbonyl (C=O) groups excluding carboxylic acids is 2. The van der Waals surface area contributed by atoms with Crippen LogP contribution in [0.5, 0.6) is 5.75 Å².